The van der Waals surface area contributed by atoms with E-state index in [1.807, 2.05) is 43.1 Å². The van der Waals surface area contributed by atoms with Crippen LogP contribution in [0.4, 0.5) is 5.69 Å². The predicted octanol–water partition coefficient (Wildman–Crippen LogP) is 3.65. The van der Waals surface area contributed by atoms with E-state index in [1.54, 1.807) is 7.11 Å². The van der Waals surface area contributed by atoms with Crippen molar-refractivity contribution in [2.45, 2.75) is 20.3 Å². The fourth-order valence-corrected chi connectivity index (χ4v) is 2.58. The lowest BCUT2D eigenvalue weighted by atomic mass is 10.1. The summed E-state index contributed by atoms with van der Waals surface area (Å²) in [5, 5.41) is 2.89. The highest BCUT2D eigenvalue weighted by atomic mass is 16.5. The molecule has 2 aromatic carbocycles. The van der Waals surface area contributed by atoms with Crippen molar-refractivity contribution in [1.29, 1.82) is 0 Å². The molecule has 140 valence electrons. The second-order valence-electron chi connectivity index (χ2n) is 6.49. The summed E-state index contributed by atoms with van der Waals surface area (Å²) in [6.07, 6.45) is 0.861. The van der Waals surface area contributed by atoms with Crippen molar-refractivity contribution in [2.24, 2.45) is 0 Å². The molecule has 0 radical (unpaired) electrons. The van der Waals surface area contributed by atoms with E-state index in [-0.39, 0.29) is 5.91 Å². The minimum atomic E-state index is -0.0342. The van der Waals surface area contributed by atoms with Gasteiger partial charge in [0.05, 0.1) is 20.3 Å². The molecule has 0 aliphatic carbocycles. The number of rotatable bonds is 9. The first-order valence-corrected chi connectivity index (χ1v) is 8.80. The smallest absolute Gasteiger partial charge is 0.238 e. The zero-order valence-corrected chi connectivity index (χ0v) is 16.0. The van der Waals surface area contributed by atoms with Gasteiger partial charge in [0.1, 0.15) is 11.5 Å². The molecule has 26 heavy (non-hydrogen) atoms. The molecule has 5 nitrogen and oxygen atoms in total. The summed E-state index contributed by atoms with van der Waals surface area (Å²) in [7, 11) is 3.55. The number of carbonyl (C=O) groups excluding carboxylic acids is 1. The van der Waals surface area contributed by atoms with Gasteiger partial charge < -0.3 is 14.8 Å². The number of hydrogen-bond acceptors (Lipinski definition) is 4. The predicted molar refractivity (Wildman–Crippen MR) is 105 cm³/mol. The van der Waals surface area contributed by atoms with Crippen LogP contribution in [-0.2, 0) is 4.79 Å². The maximum Gasteiger partial charge on any atom is 0.238 e. The Morgan fingerprint density at radius 3 is 2.54 bits per heavy atom. The average Bonchev–Trinajstić information content (AvgIpc) is 2.62. The van der Waals surface area contributed by atoms with Gasteiger partial charge in [0.2, 0.25) is 5.91 Å². The molecule has 1 amide bonds. The van der Waals surface area contributed by atoms with Gasteiger partial charge in [-0.05, 0) is 68.8 Å². The number of methoxy groups -OCH3 is 1. The summed E-state index contributed by atoms with van der Waals surface area (Å²) < 4.78 is 11.0. The maximum absolute atomic E-state index is 12.1. The Morgan fingerprint density at radius 1 is 1.12 bits per heavy atom. The zero-order valence-electron chi connectivity index (χ0n) is 16.0. The second-order valence-corrected chi connectivity index (χ2v) is 6.49. The topological polar surface area (TPSA) is 50.8 Å². The average molecular weight is 356 g/mol. The molecule has 0 heterocycles. The van der Waals surface area contributed by atoms with Gasteiger partial charge >= 0.3 is 0 Å². The zero-order chi connectivity index (χ0) is 18.9. The first-order valence-electron chi connectivity index (χ1n) is 8.80. The van der Waals surface area contributed by atoms with Gasteiger partial charge in [0, 0.05) is 12.2 Å². The van der Waals surface area contributed by atoms with Crippen LogP contribution >= 0.6 is 0 Å². The normalized spacial score (nSPS) is 10.7. The molecule has 0 atom stereocenters. The first-order chi connectivity index (χ1) is 12.5. The molecular formula is C21H28N2O3. The van der Waals surface area contributed by atoms with Gasteiger partial charge in [-0.1, -0.05) is 12.1 Å². The molecule has 0 saturated heterocycles. The third-order valence-electron chi connectivity index (χ3n) is 4.07. The lowest BCUT2D eigenvalue weighted by molar-refractivity contribution is -0.117. The van der Waals surface area contributed by atoms with Crippen molar-refractivity contribution in [2.75, 3.05) is 39.2 Å². The van der Waals surface area contributed by atoms with E-state index >= 15 is 0 Å². The number of amides is 1. The van der Waals surface area contributed by atoms with Crippen LogP contribution in [0.1, 0.15) is 17.5 Å². The molecule has 0 spiro atoms. The molecule has 0 aliphatic heterocycles. The SMILES string of the molecule is COc1ccc(NC(=O)CN(C)CCCOc2cc(C)ccc2C)cc1. The standard InChI is InChI=1S/C21H28N2O3/c1-16-6-7-17(2)20(14-16)26-13-5-12-23(3)15-21(24)22-18-8-10-19(25-4)11-9-18/h6-11,14H,5,12-13,15H2,1-4H3,(H,22,24). The number of carbonyl (C=O) groups is 1. The lowest BCUT2D eigenvalue weighted by Crippen LogP contribution is -2.31. The second kappa shape index (κ2) is 9.82. The summed E-state index contributed by atoms with van der Waals surface area (Å²) >= 11 is 0. The van der Waals surface area contributed by atoms with Crippen LogP contribution in [0.15, 0.2) is 42.5 Å². The van der Waals surface area contributed by atoms with E-state index in [4.69, 9.17) is 9.47 Å². The number of benzene rings is 2. The van der Waals surface area contributed by atoms with E-state index in [9.17, 15) is 4.79 Å². The van der Waals surface area contributed by atoms with Crippen molar-refractivity contribution in [3.63, 3.8) is 0 Å². The Hall–Kier alpha value is -2.53. The van der Waals surface area contributed by atoms with Crippen molar-refractivity contribution in [3.8, 4) is 11.5 Å². The van der Waals surface area contributed by atoms with Crippen molar-refractivity contribution in [3.05, 3.63) is 53.6 Å². The minimum absolute atomic E-state index is 0.0342. The van der Waals surface area contributed by atoms with Crippen LogP contribution in [0.2, 0.25) is 0 Å². The Kier molecular flexibility index (Phi) is 7.48. The Bertz CT molecular complexity index is 714. The van der Waals surface area contributed by atoms with Gasteiger partial charge in [-0.3, -0.25) is 9.69 Å². The van der Waals surface area contributed by atoms with Crippen molar-refractivity contribution >= 4 is 11.6 Å². The first kappa shape index (κ1) is 19.8. The van der Waals surface area contributed by atoms with E-state index in [1.165, 1.54) is 5.56 Å². The molecule has 2 rings (SSSR count). The van der Waals surface area contributed by atoms with E-state index in [0.717, 1.165) is 35.7 Å². The molecular weight excluding hydrogens is 328 g/mol. The number of hydrogen-bond donors (Lipinski definition) is 1. The van der Waals surface area contributed by atoms with E-state index < -0.39 is 0 Å². The van der Waals surface area contributed by atoms with Crippen LogP contribution in [-0.4, -0.2) is 44.7 Å². The summed E-state index contributed by atoms with van der Waals surface area (Å²) in [6.45, 7) is 5.87. The van der Waals surface area contributed by atoms with Crippen LogP contribution in [0, 0.1) is 13.8 Å². The van der Waals surface area contributed by atoms with Crippen LogP contribution in [0.3, 0.4) is 0 Å². The summed E-state index contributed by atoms with van der Waals surface area (Å²) in [5.41, 5.74) is 3.10. The van der Waals surface area contributed by atoms with Gasteiger partial charge in [-0.15, -0.1) is 0 Å². The highest BCUT2D eigenvalue weighted by molar-refractivity contribution is 5.92. The molecule has 0 aliphatic rings. The van der Waals surface area contributed by atoms with Crippen molar-refractivity contribution < 1.29 is 14.3 Å². The lowest BCUT2D eigenvalue weighted by Gasteiger charge is -2.17. The highest BCUT2D eigenvalue weighted by Crippen LogP contribution is 2.19. The third kappa shape index (κ3) is 6.41. The largest absolute Gasteiger partial charge is 0.497 e. The summed E-state index contributed by atoms with van der Waals surface area (Å²) in [4.78, 5) is 14.1. The van der Waals surface area contributed by atoms with E-state index in [2.05, 4.69) is 30.4 Å². The number of nitrogens with zero attached hydrogens (tertiary/aromatic N) is 1. The molecule has 0 bridgehead atoms. The fraction of sp³-hybridized carbons (Fsp3) is 0.381. The Balaban J connectivity index is 1.68. The van der Waals surface area contributed by atoms with Crippen LogP contribution < -0.4 is 14.8 Å². The molecule has 1 N–H and O–H groups in total. The number of anilines is 1. The van der Waals surface area contributed by atoms with Gasteiger partial charge in [0.25, 0.3) is 0 Å². The third-order valence-corrected chi connectivity index (χ3v) is 4.07. The maximum atomic E-state index is 12.1. The molecule has 5 heteroatoms. The summed E-state index contributed by atoms with van der Waals surface area (Å²) in [6, 6.07) is 13.5. The van der Waals surface area contributed by atoms with Crippen LogP contribution in [0.5, 0.6) is 11.5 Å². The van der Waals surface area contributed by atoms with E-state index in [0.29, 0.717) is 13.2 Å². The summed E-state index contributed by atoms with van der Waals surface area (Å²) in [5.74, 6) is 1.67. The fourth-order valence-electron chi connectivity index (χ4n) is 2.58. The highest BCUT2D eigenvalue weighted by Gasteiger charge is 2.07. The van der Waals surface area contributed by atoms with Crippen LogP contribution in [0.25, 0.3) is 0 Å². The number of likely N-dealkylation sites (N-methyl/N-ethyl adjacent to an activating group) is 1. The molecule has 0 saturated carbocycles. The van der Waals surface area contributed by atoms with Crippen molar-refractivity contribution in [1.82, 2.24) is 4.90 Å². The molecule has 2 aromatic rings. The molecule has 0 aromatic heterocycles. The number of ether oxygens (including phenoxy) is 2. The molecule has 0 fully saturated rings. The van der Waals surface area contributed by atoms with Gasteiger partial charge in [-0.2, -0.15) is 0 Å². The number of aryl methyl sites for hydroxylation is 2. The Labute approximate surface area is 155 Å². The number of nitrogens with one attached hydrogen (secondary N) is 1. The molecule has 0 unspecified atom stereocenters. The Morgan fingerprint density at radius 2 is 1.85 bits per heavy atom. The van der Waals surface area contributed by atoms with Gasteiger partial charge in [-0.25, -0.2) is 0 Å². The minimum Gasteiger partial charge on any atom is -0.497 e. The monoisotopic (exact) mass is 356 g/mol. The quantitative estimate of drug-likeness (QED) is 0.697. The van der Waals surface area contributed by atoms with Gasteiger partial charge in [0.15, 0.2) is 0 Å².